The van der Waals surface area contributed by atoms with Gasteiger partial charge in [-0.25, -0.2) is 0 Å². The highest BCUT2D eigenvalue weighted by Crippen LogP contribution is 2.32. The van der Waals surface area contributed by atoms with Crippen molar-refractivity contribution >= 4 is 0 Å². The van der Waals surface area contributed by atoms with Crippen molar-refractivity contribution in [1.29, 1.82) is 0 Å². The Hall–Kier alpha value is -0.860. The van der Waals surface area contributed by atoms with Crippen LogP contribution in [0.3, 0.4) is 0 Å². The van der Waals surface area contributed by atoms with E-state index >= 15 is 0 Å². The molecular weight excluding hydrogens is 186 g/mol. The van der Waals surface area contributed by atoms with Crippen molar-refractivity contribution in [2.45, 2.75) is 33.7 Å². The maximum absolute atomic E-state index is 9.31. The van der Waals surface area contributed by atoms with Gasteiger partial charge >= 0.3 is 0 Å². The van der Waals surface area contributed by atoms with Crippen molar-refractivity contribution in [2.24, 2.45) is 11.1 Å². The Bertz CT molecular complexity index is 344. The van der Waals surface area contributed by atoms with Gasteiger partial charge in [0.05, 0.1) is 0 Å². The summed E-state index contributed by atoms with van der Waals surface area (Å²) in [6, 6.07) is 6.02. The van der Waals surface area contributed by atoms with E-state index in [1.807, 2.05) is 26.0 Å². The zero-order valence-corrected chi connectivity index (χ0v) is 10.0. The average molecular weight is 207 g/mol. The highest BCUT2D eigenvalue weighted by atomic mass is 16.3. The van der Waals surface area contributed by atoms with Crippen LogP contribution in [0.5, 0.6) is 0 Å². The summed E-state index contributed by atoms with van der Waals surface area (Å²) in [6.07, 6.45) is 0. The zero-order valence-electron chi connectivity index (χ0n) is 10.0. The molecule has 0 saturated heterocycles. The molecule has 0 aliphatic rings. The van der Waals surface area contributed by atoms with E-state index in [0.717, 1.165) is 5.56 Å². The highest BCUT2D eigenvalue weighted by molar-refractivity contribution is 5.36. The van der Waals surface area contributed by atoms with E-state index in [1.165, 1.54) is 11.1 Å². The fourth-order valence-corrected chi connectivity index (χ4v) is 1.63. The lowest BCUT2D eigenvalue weighted by Gasteiger charge is -2.31. The van der Waals surface area contributed by atoms with Crippen LogP contribution in [0, 0.1) is 19.3 Å². The van der Waals surface area contributed by atoms with Gasteiger partial charge in [-0.1, -0.05) is 32.0 Å². The van der Waals surface area contributed by atoms with Crippen LogP contribution in [0.1, 0.15) is 36.6 Å². The average Bonchev–Trinajstić information content (AvgIpc) is 2.21. The number of hydrogen-bond donors (Lipinski definition) is 2. The van der Waals surface area contributed by atoms with Gasteiger partial charge in [0.1, 0.15) is 0 Å². The summed E-state index contributed by atoms with van der Waals surface area (Å²) in [5.41, 5.74) is 9.52. The topological polar surface area (TPSA) is 46.2 Å². The summed E-state index contributed by atoms with van der Waals surface area (Å²) in [5, 5.41) is 9.31. The predicted molar refractivity (Wildman–Crippen MR) is 63.7 cm³/mol. The lowest BCUT2D eigenvalue weighted by Crippen LogP contribution is -2.33. The van der Waals surface area contributed by atoms with Gasteiger partial charge < -0.3 is 10.8 Å². The van der Waals surface area contributed by atoms with Crippen molar-refractivity contribution in [2.75, 3.05) is 6.61 Å². The second-order valence-electron chi connectivity index (χ2n) is 4.91. The summed E-state index contributed by atoms with van der Waals surface area (Å²) in [7, 11) is 0. The molecule has 0 aliphatic carbocycles. The normalized spacial score (nSPS) is 14.0. The lowest BCUT2D eigenvalue weighted by molar-refractivity contribution is 0.132. The molecule has 0 aliphatic heterocycles. The molecule has 0 spiro atoms. The molecule has 0 aromatic heterocycles. The summed E-state index contributed by atoms with van der Waals surface area (Å²) in [5.74, 6) is 0. The monoisotopic (exact) mass is 207 g/mol. The molecule has 0 saturated carbocycles. The Morgan fingerprint density at radius 1 is 1.33 bits per heavy atom. The Kier molecular flexibility index (Phi) is 3.53. The third kappa shape index (κ3) is 2.39. The van der Waals surface area contributed by atoms with Gasteiger partial charge in [-0.2, -0.15) is 0 Å². The van der Waals surface area contributed by atoms with Crippen LogP contribution in [-0.2, 0) is 0 Å². The number of rotatable bonds is 3. The summed E-state index contributed by atoms with van der Waals surface area (Å²) in [4.78, 5) is 0. The first-order valence-corrected chi connectivity index (χ1v) is 5.32. The van der Waals surface area contributed by atoms with Gasteiger partial charge in [-0.3, -0.25) is 0 Å². The number of aliphatic hydroxyl groups excluding tert-OH is 1. The molecule has 15 heavy (non-hydrogen) atoms. The fraction of sp³-hybridized carbons (Fsp3) is 0.538. The molecule has 2 heteroatoms. The largest absolute Gasteiger partial charge is 0.396 e. The molecular formula is C13H21NO. The predicted octanol–water partition coefficient (Wildman–Crippen LogP) is 2.32. The Balaban J connectivity index is 3.12. The standard InChI is InChI=1S/C13H21NO/c1-9-6-5-7-11(10(9)2)12(14)13(3,4)8-15/h5-7,12,15H,8,14H2,1-4H3/t12-/m1/s1. The molecule has 1 aromatic rings. The van der Waals surface area contributed by atoms with E-state index in [4.69, 9.17) is 5.73 Å². The minimum absolute atomic E-state index is 0.0988. The van der Waals surface area contributed by atoms with E-state index in [0.29, 0.717) is 0 Å². The molecule has 0 unspecified atom stereocenters. The van der Waals surface area contributed by atoms with E-state index in [2.05, 4.69) is 19.9 Å². The Morgan fingerprint density at radius 2 is 1.93 bits per heavy atom. The van der Waals surface area contributed by atoms with Crippen LogP contribution in [0.2, 0.25) is 0 Å². The molecule has 1 atom stereocenters. The van der Waals surface area contributed by atoms with Gasteiger partial charge in [-0.15, -0.1) is 0 Å². The molecule has 0 bridgehead atoms. The van der Waals surface area contributed by atoms with Crippen LogP contribution in [0.15, 0.2) is 18.2 Å². The molecule has 84 valence electrons. The fourth-order valence-electron chi connectivity index (χ4n) is 1.63. The number of aryl methyl sites for hydroxylation is 1. The third-order valence-electron chi connectivity index (χ3n) is 3.23. The summed E-state index contributed by atoms with van der Waals surface area (Å²) < 4.78 is 0. The number of aliphatic hydroxyl groups is 1. The minimum Gasteiger partial charge on any atom is -0.396 e. The second-order valence-corrected chi connectivity index (χ2v) is 4.91. The number of hydrogen-bond acceptors (Lipinski definition) is 2. The van der Waals surface area contributed by atoms with Crippen LogP contribution >= 0.6 is 0 Å². The van der Waals surface area contributed by atoms with E-state index in [9.17, 15) is 5.11 Å². The Labute approximate surface area is 92.1 Å². The zero-order chi connectivity index (χ0) is 11.6. The molecule has 0 fully saturated rings. The van der Waals surface area contributed by atoms with Gasteiger partial charge in [-0.05, 0) is 30.5 Å². The van der Waals surface area contributed by atoms with Crippen LogP contribution in [-0.4, -0.2) is 11.7 Å². The molecule has 0 amide bonds. The van der Waals surface area contributed by atoms with Gasteiger partial charge in [0, 0.05) is 18.1 Å². The van der Waals surface area contributed by atoms with E-state index < -0.39 is 0 Å². The van der Waals surface area contributed by atoms with E-state index in [-0.39, 0.29) is 18.1 Å². The van der Waals surface area contributed by atoms with Crippen molar-refractivity contribution in [3.63, 3.8) is 0 Å². The summed E-state index contributed by atoms with van der Waals surface area (Å²) >= 11 is 0. The van der Waals surface area contributed by atoms with E-state index in [1.54, 1.807) is 0 Å². The highest BCUT2D eigenvalue weighted by Gasteiger charge is 2.27. The van der Waals surface area contributed by atoms with Crippen molar-refractivity contribution in [3.05, 3.63) is 34.9 Å². The second kappa shape index (κ2) is 4.33. The molecule has 0 heterocycles. The SMILES string of the molecule is Cc1cccc([C@@H](N)C(C)(C)CO)c1C. The first-order valence-electron chi connectivity index (χ1n) is 5.32. The molecule has 3 N–H and O–H groups in total. The Morgan fingerprint density at radius 3 is 2.47 bits per heavy atom. The first-order chi connectivity index (χ1) is 6.90. The maximum atomic E-state index is 9.31. The molecule has 0 radical (unpaired) electrons. The van der Waals surface area contributed by atoms with Gasteiger partial charge in [0.25, 0.3) is 0 Å². The lowest BCUT2D eigenvalue weighted by atomic mass is 9.80. The van der Waals surface area contributed by atoms with Gasteiger partial charge in [0.15, 0.2) is 0 Å². The molecule has 1 aromatic carbocycles. The van der Waals surface area contributed by atoms with Crippen LogP contribution in [0.4, 0.5) is 0 Å². The smallest absolute Gasteiger partial charge is 0.0500 e. The van der Waals surface area contributed by atoms with Crippen LogP contribution in [0.25, 0.3) is 0 Å². The third-order valence-corrected chi connectivity index (χ3v) is 3.23. The van der Waals surface area contributed by atoms with Crippen molar-refractivity contribution in [1.82, 2.24) is 0 Å². The quantitative estimate of drug-likeness (QED) is 0.799. The molecule has 2 nitrogen and oxygen atoms in total. The van der Waals surface area contributed by atoms with Crippen LogP contribution < -0.4 is 5.73 Å². The maximum Gasteiger partial charge on any atom is 0.0500 e. The van der Waals surface area contributed by atoms with Gasteiger partial charge in [0.2, 0.25) is 0 Å². The van der Waals surface area contributed by atoms with Crippen molar-refractivity contribution < 1.29 is 5.11 Å². The summed E-state index contributed by atoms with van der Waals surface area (Å²) in [6.45, 7) is 8.23. The molecule has 1 rings (SSSR count). The first kappa shape index (κ1) is 12.2. The number of benzene rings is 1. The minimum atomic E-state index is -0.279. The van der Waals surface area contributed by atoms with Crippen molar-refractivity contribution in [3.8, 4) is 0 Å². The number of nitrogens with two attached hydrogens (primary N) is 1.